The number of halogens is 1. The molecule has 1 aliphatic rings. The third kappa shape index (κ3) is 3.02. The number of hydrogen-bond donors (Lipinski definition) is 0. The normalized spacial score (nSPS) is 19.6. The van der Waals surface area contributed by atoms with Gasteiger partial charge in [-0.2, -0.15) is 5.10 Å². The number of aryl methyl sites for hydroxylation is 1. The molecule has 0 radical (unpaired) electrons. The van der Waals surface area contributed by atoms with E-state index in [4.69, 9.17) is 0 Å². The molecule has 0 aliphatic carbocycles. The molecule has 1 saturated heterocycles. The second-order valence-corrected chi connectivity index (χ2v) is 4.34. The first-order chi connectivity index (χ1) is 7.24. The molecule has 4 heteroatoms. The lowest BCUT2D eigenvalue weighted by molar-refractivity contribution is 0.197. The van der Waals surface area contributed by atoms with Crippen LogP contribution in [-0.2, 0) is 6.54 Å². The largest absolute Gasteiger partial charge is 0.300 e. The van der Waals surface area contributed by atoms with Gasteiger partial charge in [-0.25, -0.2) is 4.39 Å². The van der Waals surface area contributed by atoms with Crippen LogP contribution >= 0.6 is 0 Å². The molecule has 3 nitrogen and oxygen atoms in total. The fraction of sp³-hybridized carbons (Fsp3) is 0.727. The second-order valence-electron chi connectivity index (χ2n) is 4.34. The van der Waals surface area contributed by atoms with Crippen molar-refractivity contribution in [3.8, 4) is 0 Å². The minimum Gasteiger partial charge on any atom is -0.300 e. The molecule has 1 fully saturated rings. The monoisotopic (exact) mass is 211 g/mol. The van der Waals surface area contributed by atoms with E-state index >= 15 is 0 Å². The van der Waals surface area contributed by atoms with E-state index in [1.54, 1.807) is 10.9 Å². The zero-order chi connectivity index (χ0) is 10.7. The summed E-state index contributed by atoms with van der Waals surface area (Å²) in [6, 6.07) is 0. The maximum Gasteiger partial charge on any atom is 0.132 e. The van der Waals surface area contributed by atoms with Crippen LogP contribution in [0.25, 0.3) is 0 Å². The summed E-state index contributed by atoms with van der Waals surface area (Å²) in [5, 5.41) is 4.09. The SMILES string of the molecule is Cc1cnn(CC(F)CN2CCCC2)c1. The molecule has 2 rings (SSSR count). The van der Waals surface area contributed by atoms with Gasteiger partial charge in [-0.1, -0.05) is 0 Å². The van der Waals surface area contributed by atoms with E-state index in [1.807, 2.05) is 13.1 Å². The molecular formula is C11H18FN3. The average molecular weight is 211 g/mol. The Hall–Kier alpha value is -0.900. The lowest BCUT2D eigenvalue weighted by Crippen LogP contribution is -2.30. The van der Waals surface area contributed by atoms with Crippen molar-refractivity contribution in [2.24, 2.45) is 0 Å². The molecule has 1 aliphatic heterocycles. The Morgan fingerprint density at radius 3 is 2.73 bits per heavy atom. The number of aromatic nitrogens is 2. The predicted octanol–water partition coefficient (Wildman–Crippen LogP) is 1.63. The molecular weight excluding hydrogens is 193 g/mol. The quantitative estimate of drug-likeness (QED) is 0.754. The Bertz CT molecular complexity index is 305. The molecule has 0 N–H and O–H groups in total. The van der Waals surface area contributed by atoms with E-state index in [1.165, 1.54) is 12.8 Å². The van der Waals surface area contributed by atoms with Gasteiger partial charge < -0.3 is 4.90 Å². The van der Waals surface area contributed by atoms with Crippen LogP contribution in [0.3, 0.4) is 0 Å². The fourth-order valence-corrected chi connectivity index (χ4v) is 2.07. The number of rotatable bonds is 4. The van der Waals surface area contributed by atoms with E-state index in [-0.39, 0.29) is 0 Å². The van der Waals surface area contributed by atoms with E-state index in [0.717, 1.165) is 18.7 Å². The summed E-state index contributed by atoms with van der Waals surface area (Å²) in [4.78, 5) is 2.20. The predicted molar refractivity (Wildman–Crippen MR) is 57.5 cm³/mol. The van der Waals surface area contributed by atoms with Gasteiger partial charge in [-0.05, 0) is 38.4 Å². The average Bonchev–Trinajstić information content (AvgIpc) is 2.77. The lowest BCUT2D eigenvalue weighted by atomic mass is 10.3. The van der Waals surface area contributed by atoms with E-state index in [0.29, 0.717) is 13.1 Å². The summed E-state index contributed by atoms with van der Waals surface area (Å²) in [6.45, 7) is 5.01. The maximum atomic E-state index is 13.6. The summed E-state index contributed by atoms with van der Waals surface area (Å²) in [6.07, 6.45) is 5.28. The van der Waals surface area contributed by atoms with Crippen LogP contribution in [-0.4, -0.2) is 40.5 Å². The number of likely N-dealkylation sites (tertiary alicyclic amines) is 1. The Morgan fingerprint density at radius 1 is 1.40 bits per heavy atom. The van der Waals surface area contributed by atoms with Gasteiger partial charge in [0.2, 0.25) is 0 Å². The first-order valence-corrected chi connectivity index (χ1v) is 5.59. The van der Waals surface area contributed by atoms with Crippen LogP contribution in [0, 0.1) is 6.92 Å². The van der Waals surface area contributed by atoms with Crippen molar-refractivity contribution < 1.29 is 4.39 Å². The molecule has 2 heterocycles. The summed E-state index contributed by atoms with van der Waals surface area (Å²) in [5.41, 5.74) is 1.09. The van der Waals surface area contributed by atoms with Gasteiger partial charge in [-0.3, -0.25) is 4.68 Å². The third-order valence-electron chi connectivity index (χ3n) is 2.80. The van der Waals surface area contributed by atoms with Crippen LogP contribution in [0.5, 0.6) is 0 Å². The molecule has 1 aromatic rings. The molecule has 0 saturated carbocycles. The summed E-state index contributed by atoms with van der Waals surface area (Å²) in [5.74, 6) is 0. The third-order valence-corrected chi connectivity index (χ3v) is 2.80. The fourth-order valence-electron chi connectivity index (χ4n) is 2.07. The molecule has 1 unspecified atom stereocenters. The van der Waals surface area contributed by atoms with Crippen LogP contribution in [0.2, 0.25) is 0 Å². The molecule has 15 heavy (non-hydrogen) atoms. The van der Waals surface area contributed by atoms with Crippen molar-refractivity contribution in [1.82, 2.24) is 14.7 Å². The Morgan fingerprint density at radius 2 is 2.13 bits per heavy atom. The van der Waals surface area contributed by atoms with Gasteiger partial charge in [0.25, 0.3) is 0 Å². The Kier molecular flexibility index (Phi) is 3.36. The highest BCUT2D eigenvalue weighted by Gasteiger charge is 2.17. The van der Waals surface area contributed by atoms with Gasteiger partial charge in [0.1, 0.15) is 6.17 Å². The molecule has 1 atom stereocenters. The van der Waals surface area contributed by atoms with Gasteiger partial charge in [0.05, 0.1) is 12.7 Å². The first kappa shape index (κ1) is 10.6. The van der Waals surface area contributed by atoms with E-state index < -0.39 is 6.17 Å². The summed E-state index contributed by atoms with van der Waals surface area (Å²) < 4.78 is 15.3. The second kappa shape index (κ2) is 4.75. The number of alkyl halides is 1. The van der Waals surface area contributed by atoms with Gasteiger partial charge in [0, 0.05) is 12.7 Å². The van der Waals surface area contributed by atoms with Crippen molar-refractivity contribution in [3.63, 3.8) is 0 Å². The van der Waals surface area contributed by atoms with E-state index in [9.17, 15) is 4.39 Å². The van der Waals surface area contributed by atoms with Crippen LogP contribution in [0.4, 0.5) is 4.39 Å². The summed E-state index contributed by atoms with van der Waals surface area (Å²) in [7, 11) is 0. The van der Waals surface area contributed by atoms with Gasteiger partial charge >= 0.3 is 0 Å². The molecule has 0 bridgehead atoms. The number of nitrogens with zero attached hydrogens (tertiary/aromatic N) is 3. The van der Waals surface area contributed by atoms with E-state index in [2.05, 4.69) is 10.00 Å². The molecule has 0 amide bonds. The molecule has 1 aromatic heterocycles. The van der Waals surface area contributed by atoms with Gasteiger partial charge in [0.15, 0.2) is 0 Å². The minimum atomic E-state index is -0.803. The summed E-state index contributed by atoms with van der Waals surface area (Å²) >= 11 is 0. The highest BCUT2D eigenvalue weighted by molar-refractivity contribution is 4.99. The lowest BCUT2D eigenvalue weighted by Gasteiger charge is -2.17. The van der Waals surface area contributed by atoms with Gasteiger partial charge in [-0.15, -0.1) is 0 Å². The first-order valence-electron chi connectivity index (χ1n) is 5.59. The van der Waals surface area contributed by atoms with Crippen molar-refractivity contribution in [3.05, 3.63) is 18.0 Å². The Labute approximate surface area is 89.9 Å². The Balaban J connectivity index is 1.78. The topological polar surface area (TPSA) is 21.1 Å². The van der Waals surface area contributed by atoms with Crippen molar-refractivity contribution in [1.29, 1.82) is 0 Å². The number of hydrogen-bond acceptors (Lipinski definition) is 2. The maximum absolute atomic E-state index is 13.6. The highest BCUT2D eigenvalue weighted by Crippen LogP contribution is 2.10. The van der Waals surface area contributed by atoms with Crippen LogP contribution in [0.15, 0.2) is 12.4 Å². The van der Waals surface area contributed by atoms with Crippen molar-refractivity contribution >= 4 is 0 Å². The minimum absolute atomic E-state index is 0.379. The highest BCUT2D eigenvalue weighted by atomic mass is 19.1. The van der Waals surface area contributed by atoms with Crippen molar-refractivity contribution in [2.45, 2.75) is 32.5 Å². The van der Waals surface area contributed by atoms with Crippen LogP contribution in [0.1, 0.15) is 18.4 Å². The van der Waals surface area contributed by atoms with Crippen molar-refractivity contribution in [2.75, 3.05) is 19.6 Å². The van der Waals surface area contributed by atoms with Crippen LogP contribution < -0.4 is 0 Å². The molecule has 84 valence electrons. The smallest absolute Gasteiger partial charge is 0.132 e. The zero-order valence-corrected chi connectivity index (χ0v) is 9.19. The standard InChI is InChI=1S/C11H18FN3/c1-10-6-13-15(7-10)9-11(12)8-14-4-2-3-5-14/h6-7,11H,2-5,8-9H2,1H3. The molecule has 0 spiro atoms. The molecule has 0 aromatic carbocycles. The zero-order valence-electron chi connectivity index (χ0n) is 9.19.